The second-order valence-corrected chi connectivity index (χ2v) is 3.85. The zero-order valence-electron chi connectivity index (χ0n) is 8.15. The number of rotatable bonds is 2. The summed E-state index contributed by atoms with van der Waals surface area (Å²) in [4.78, 5) is 0. The van der Waals surface area contributed by atoms with Crippen molar-refractivity contribution in [3.05, 3.63) is 11.6 Å². The first-order valence-corrected chi connectivity index (χ1v) is 4.06. The minimum absolute atomic E-state index is 0.370. The average Bonchev–Trinajstić information content (AvgIpc) is 1.86. The van der Waals surface area contributed by atoms with Gasteiger partial charge in [0.25, 0.3) is 0 Å². The van der Waals surface area contributed by atoms with Crippen LogP contribution in [0.2, 0.25) is 0 Å². The Balaban J connectivity index is 4.40. The van der Waals surface area contributed by atoms with E-state index in [0.717, 1.165) is 5.92 Å². The minimum atomic E-state index is 0.370. The normalized spacial score (nSPS) is 14.5. The van der Waals surface area contributed by atoms with Gasteiger partial charge in [-0.05, 0) is 25.2 Å². The second-order valence-electron chi connectivity index (χ2n) is 3.85. The van der Waals surface area contributed by atoms with Gasteiger partial charge < -0.3 is 0 Å². The van der Waals surface area contributed by atoms with Crippen molar-refractivity contribution in [2.75, 3.05) is 0 Å². The quantitative estimate of drug-likeness (QED) is 0.514. The van der Waals surface area contributed by atoms with Crippen molar-refractivity contribution in [1.82, 2.24) is 0 Å². The van der Waals surface area contributed by atoms with E-state index in [1.807, 2.05) is 0 Å². The van der Waals surface area contributed by atoms with Gasteiger partial charge in [-0.1, -0.05) is 39.3 Å². The summed E-state index contributed by atoms with van der Waals surface area (Å²) in [5.74, 6) is 0.726. The fraction of sp³-hybridized carbons (Fsp3) is 0.800. The van der Waals surface area contributed by atoms with E-state index in [0.29, 0.717) is 5.41 Å². The van der Waals surface area contributed by atoms with Gasteiger partial charge in [0, 0.05) is 0 Å². The van der Waals surface area contributed by atoms with Crippen LogP contribution in [-0.2, 0) is 0 Å². The molecule has 0 heteroatoms. The predicted octanol–water partition coefficient (Wildman–Crippen LogP) is 3.63. The summed E-state index contributed by atoms with van der Waals surface area (Å²) in [6.07, 6.45) is 2.21. The molecule has 0 aromatic carbocycles. The lowest BCUT2D eigenvalue weighted by atomic mass is 9.75. The first kappa shape index (κ1) is 9.74. The predicted molar refractivity (Wildman–Crippen MR) is 48.1 cm³/mol. The molecule has 0 rings (SSSR count). The molecule has 0 saturated heterocycles. The van der Waals surface area contributed by atoms with Crippen LogP contribution in [0.4, 0.5) is 0 Å². The Morgan fingerprint density at radius 3 is 1.80 bits per heavy atom. The highest BCUT2D eigenvalue weighted by Crippen LogP contribution is 2.33. The van der Waals surface area contributed by atoms with Crippen molar-refractivity contribution in [2.45, 2.75) is 41.5 Å². The van der Waals surface area contributed by atoms with Gasteiger partial charge in [-0.3, -0.25) is 0 Å². The molecule has 0 aliphatic heterocycles. The van der Waals surface area contributed by atoms with E-state index in [4.69, 9.17) is 0 Å². The highest BCUT2D eigenvalue weighted by Gasteiger charge is 2.23. The standard InChI is InChI=1S/C10H20/c1-7-9(4)10(5,6)8(2)3/h7-8H,1-6H3/b9-7-. The van der Waals surface area contributed by atoms with Gasteiger partial charge in [-0.25, -0.2) is 0 Å². The lowest BCUT2D eigenvalue weighted by Gasteiger charge is -2.30. The molecule has 0 aromatic heterocycles. The van der Waals surface area contributed by atoms with E-state index >= 15 is 0 Å². The van der Waals surface area contributed by atoms with Crippen LogP contribution in [-0.4, -0.2) is 0 Å². The molecule has 0 aliphatic carbocycles. The largest absolute Gasteiger partial charge is 0.0882 e. The third-order valence-corrected chi connectivity index (χ3v) is 2.89. The lowest BCUT2D eigenvalue weighted by Crippen LogP contribution is -2.20. The van der Waals surface area contributed by atoms with Crippen LogP contribution >= 0.6 is 0 Å². The van der Waals surface area contributed by atoms with Crippen molar-refractivity contribution in [1.29, 1.82) is 0 Å². The lowest BCUT2D eigenvalue weighted by molar-refractivity contribution is 0.309. The first-order valence-electron chi connectivity index (χ1n) is 4.06. The molecule has 0 N–H and O–H groups in total. The summed E-state index contributed by atoms with van der Waals surface area (Å²) in [6, 6.07) is 0. The number of hydrogen-bond donors (Lipinski definition) is 0. The van der Waals surface area contributed by atoms with Gasteiger partial charge in [0.1, 0.15) is 0 Å². The first-order chi connectivity index (χ1) is 4.42. The maximum atomic E-state index is 2.30. The third-order valence-electron chi connectivity index (χ3n) is 2.89. The molecule has 10 heavy (non-hydrogen) atoms. The van der Waals surface area contributed by atoms with Gasteiger partial charge in [-0.15, -0.1) is 0 Å². The second kappa shape index (κ2) is 3.23. The Labute approximate surface area is 65.3 Å². The van der Waals surface area contributed by atoms with Gasteiger partial charge in [0.15, 0.2) is 0 Å². The van der Waals surface area contributed by atoms with Crippen LogP contribution < -0.4 is 0 Å². The molecule has 0 spiro atoms. The topological polar surface area (TPSA) is 0 Å². The Bertz CT molecular complexity index is 127. The van der Waals surface area contributed by atoms with Crippen LogP contribution in [0.1, 0.15) is 41.5 Å². The molecule has 0 nitrogen and oxygen atoms in total. The molecule has 0 radical (unpaired) electrons. The van der Waals surface area contributed by atoms with Crippen LogP contribution in [0.15, 0.2) is 11.6 Å². The summed E-state index contributed by atoms with van der Waals surface area (Å²) in [5.41, 5.74) is 1.86. The Hall–Kier alpha value is -0.260. The molecule has 0 heterocycles. The average molecular weight is 140 g/mol. The SMILES string of the molecule is C/C=C(/C)C(C)(C)C(C)C. The van der Waals surface area contributed by atoms with Gasteiger partial charge >= 0.3 is 0 Å². The van der Waals surface area contributed by atoms with Crippen molar-refractivity contribution in [2.24, 2.45) is 11.3 Å². The van der Waals surface area contributed by atoms with E-state index in [-0.39, 0.29) is 0 Å². The molecule has 0 fully saturated rings. The van der Waals surface area contributed by atoms with Gasteiger partial charge in [0.2, 0.25) is 0 Å². The van der Waals surface area contributed by atoms with E-state index in [1.54, 1.807) is 0 Å². The van der Waals surface area contributed by atoms with E-state index in [9.17, 15) is 0 Å². The van der Waals surface area contributed by atoms with Crippen molar-refractivity contribution < 1.29 is 0 Å². The van der Waals surface area contributed by atoms with E-state index in [1.165, 1.54) is 5.57 Å². The fourth-order valence-corrected chi connectivity index (χ4v) is 0.827. The maximum Gasteiger partial charge on any atom is -0.0125 e. The molecule has 0 aliphatic rings. The number of hydrogen-bond acceptors (Lipinski definition) is 0. The monoisotopic (exact) mass is 140 g/mol. The van der Waals surface area contributed by atoms with Crippen LogP contribution in [0.25, 0.3) is 0 Å². The molecular formula is C10H20. The molecule has 0 saturated carbocycles. The van der Waals surface area contributed by atoms with Crippen LogP contribution in [0.3, 0.4) is 0 Å². The highest BCUT2D eigenvalue weighted by molar-refractivity contribution is 5.08. The summed E-state index contributed by atoms with van der Waals surface area (Å²) in [6.45, 7) is 13.5. The summed E-state index contributed by atoms with van der Waals surface area (Å²) in [5, 5.41) is 0. The van der Waals surface area contributed by atoms with Gasteiger partial charge in [-0.2, -0.15) is 0 Å². The molecule has 0 amide bonds. The smallest absolute Gasteiger partial charge is 0.0125 e. The molecule has 0 aromatic rings. The third kappa shape index (κ3) is 1.86. The van der Waals surface area contributed by atoms with Gasteiger partial charge in [0.05, 0.1) is 0 Å². The Morgan fingerprint density at radius 1 is 1.30 bits per heavy atom. The van der Waals surface area contributed by atoms with Crippen molar-refractivity contribution in [3.8, 4) is 0 Å². The summed E-state index contributed by atoms with van der Waals surface area (Å²) in [7, 11) is 0. The maximum absolute atomic E-state index is 2.30. The Kier molecular flexibility index (Phi) is 3.14. The zero-order valence-corrected chi connectivity index (χ0v) is 8.15. The minimum Gasteiger partial charge on any atom is -0.0882 e. The molecule has 60 valence electrons. The van der Waals surface area contributed by atoms with Crippen LogP contribution in [0, 0.1) is 11.3 Å². The summed E-state index contributed by atoms with van der Waals surface area (Å²) >= 11 is 0. The Morgan fingerprint density at radius 2 is 1.70 bits per heavy atom. The number of allylic oxidation sites excluding steroid dienone is 2. The summed E-state index contributed by atoms with van der Waals surface area (Å²) < 4.78 is 0. The molecule has 0 bridgehead atoms. The molecular weight excluding hydrogens is 120 g/mol. The molecule has 0 unspecified atom stereocenters. The van der Waals surface area contributed by atoms with Crippen molar-refractivity contribution in [3.63, 3.8) is 0 Å². The van der Waals surface area contributed by atoms with Crippen molar-refractivity contribution >= 4 is 0 Å². The fourth-order valence-electron chi connectivity index (χ4n) is 0.827. The molecule has 0 atom stereocenters. The van der Waals surface area contributed by atoms with E-state index in [2.05, 4.69) is 47.6 Å². The zero-order chi connectivity index (χ0) is 8.36. The highest BCUT2D eigenvalue weighted by atomic mass is 14.3. The van der Waals surface area contributed by atoms with E-state index < -0.39 is 0 Å². The van der Waals surface area contributed by atoms with Crippen LogP contribution in [0.5, 0.6) is 0 Å².